The van der Waals surface area contributed by atoms with Gasteiger partial charge in [-0.1, -0.05) is 43.3 Å². The smallest absolute Gasteiger partial charge is 0.494 e. The highest BCUT2D eigenvalue weighted by Crippen LogP contribution is 2.31. The molecule has 3 aliphatic rings. The van der Waals surface area contributed by atoms with Gasteiger partial charge in [0.1, 0.15) is 17.2 Å². The quantitative estimate of drug-likeness (QED) is 0.0795. The van der Waals surface area contributed by atoms with E-state index >= 15 is 0 Å². The van der Waals surface area contributed by atoms with Crippen molar-refractivity contribution < 1.29 is 47.6 Å². The molecule has 16 heteroatoms. The number of hydrogen-bond donors (Lipinski definition) is 5. The molecule has 13 nitrogen and oxygen atoms in total. The number of fused-ring (bicyclic) bond motifs is 3. The van der Waals surface area contributed by atoms with Crippen molar-refractivity contribution in [3.63, 3.8) is 0 Å². The predicted octanol–water partition coefficient (Wildman–Crippen LogP) is 0.223. The van der Waals surface area contributed by atoms with E-state index in [1.54, 1.807) is 0 Å². The van der Waals surface area contributed by atoms with E-state index in [9.17, 15) is 10.1 Å². The molecule has 0 saturated carbocycles. The third-order valence-corrected chi connectivity index (χ3v) is 9.35. The Kier molecular flexibility index (Phi) is 13.3. The average Bonchev–Trinajstić information content (AvgIpc) is 3.82. The Morgan fingerprint density at radius 1 is 0.647 bits per heavy atom. The Hall–Kier alpha value is -3.15. The summed E-state index contributed by atoms with van der Waals surface area (Å²) in [5.41, 5.74) is 23.0. The highest BCUT2D eigenvalue weighted by Gasteiger charge is 2.41. The predicted molar refractivity (Wildman–Crippen MR) is 195 cm³/mol. The molecule has 4 atom stereocenters. The molecule has 0 bridgehead atoms. The van der Waals surface area contributed by atoms with Crippen LogP contribution < -0.4 is 47.8 Å². The minimum absolute atomic E-state index is 0.0589. The Morgan fingerprint density at radius 2 is 1.14 bits per heavy atom. The fourth-order valence-electron chi connectivity index (χ4n) is 6.71. The highest BCUT2D eigenvalue weighted by atomic mass is 16.6. The first-order chi connectivity index (χ1) is 25.0. The van der Waals surface area contributed by atoms with E-state index < -0.39 is 21.4 Å². The maximum Gasteiger partial charge on any atom is 0.498 e. The van der Waals surface area contributed by atoms with Crippen molar-refractivity contribution in [2.45, 2.75) is 44.5 Å². The van der Waals surface area contributed by atoms with Crippen LogP contribution in [0.25, 0.3) is 0 Å². The summed E-state index contributed by atoms with van der Waals surface area (Å²) in [6, 6.07) is 17.2. The third kappa shape index (κ3) is 8.57. The lowest BCUT2D eigenvalue weighted by atomic mass is 9.77. The van der Waals surface area contributed by atoms with Gasteiger partial charge in [-0.05, 0) is 47.2 Å². The van der Waals surface area contributed by atoms with Gasteiger partial charge in [0.15, 0.2) is 0 Å². The summed E-state index contributed by atoms with van der Waals surface area (Å²) < 4.78 is 48.7. The van der Waals surface area contributed by atoms with Crippen LogP contribution in [-0.2, 0) is 23.3 Å². The SMILES string of the molecule is CC(CCOB1OC(CN)c2cccc(OCCCO)c21)COc1cccc2c1B(OCCCOc1cccc3c1B(O)OC3CN)OC2CN. The first kappa shape index (κ1) is 37.6. The minimum Gasteiger partial charge on any atom is -0.494 e. The zero-order valence-corrected chi connectivity index (χ0v) is 29.1. The molecule has 0 aromatic heterocycles. The third-order valence-electron chi connectivity index (χ3n) is 9.35. The van der Waals surface area contributed by atoms with Crippen molar-refractivity contribution in [2.75, 3.05) is 59.3 Å². The van der Waals surface area contributed by atoms with Gasteiger partial charge in [0.2, 0.25) is 0 Å². The average molecular weight is 703 g/mol. The molecule has 3 aromatic carbocycles. The molecule has 4 unspecified atom stereocenters. The van der Waals surface area contributed by atoms with E-state index in [1.165, 1.54) is 0 Å². The molecule has 0 amide bonds. The van der Waals surface area contributed by atoms with E-state index in [4.69, 9.17) is 54.7 Å². The lowest BCUT2D eigenvalue weighted by Gasteiger charge is -2.18. The molecular weight excluding hydrogens is 655 g/mol. The van der Waals surface area contributed by atoms with Crippen LogP contribution >= 0.6 is 0 Å². The molecule has 3 aromatic rings. The monoisotopic (exact) mass is 703 g/mol. The van der Waals surface area contributed by atoms with Crippen molar-refractivity contribution >= 4 is 37.7 Å². The zero-order chi connectivity index (χ0) is 35.7. The van der Waals surface area contributed by atoms with Crippen LogP contribution in [0, 0.1) is 5.92 Å². The summed E-state index contributed by atoms with van der Waals surface area (Å²) in [7, 11) is -2.28. The van der Waals surface area contributed by atoms with E-state index in [-0.39, 0.29) is 37.4 Å². The fourth-order valence-corrected chi connectivity index (χ4v) is 6.71. The maximum absolute atomic E-state index is 10.4. The van der Waals surface area contributed by atoms with Crippen LogP contribution in [0.4, 0.5) is 0 Å². The van der Waals surface area contributed by atoms with Gasteiger partial charge in [-0.15, -0.1) is 0 Å². The van der Waals surface area contributed by atoms with Gasteiger partial charge in [0.05, 0.1) is 38.1 Å². The van der Waals surface area contributed by atoms with Crippen LogP contribution in [0.1, 0.15) is 61.2 Å². The number of nitrogens with two attached hydrogens (primary N) is 3. The van der Waals surface area contributed by atoms with Gasteiger partial charge >= 0.3 is 21.4 Å². The molecule has 0 fully saturated rings. The van der Waals surface area contributed by atoms with E-state index in [2.05, 4.69) is 6.92 Å². The van der Waals surface area contributed by atoms with E-state index in [1.807, 2.05) is 54.6 Å². The summed E-state index contributed by atoms with van der Waals surface area (Å²) >= 11 is 0. The molecule has 51 heavy (non-hydrogen) atoms. The second kappa shape index (κ2) is 18.1. The lowest BCUT2D eigenvalue weighted by molar-refractivity contribution is 0.150. The summed E-state index contributed by atoms with van der Waals surface area (Å²) in [4.78, 5) is 0. The Morgan fingerprint density at radius 3 is 1.71 bits per heavy atom. The topological polar surface area (TPSA) is 192 Å². The molecule has 0 radical (unpaired) electrons. The molecule has 0 aliphatic carbocycles. The summed E-state index contributed by atoms with van der Waals surface area (Å²) in [5.74, 6) is 2.12. The van der Waals surface area contributed by atoms with Gasteiger partial charge in [-0.25, -0.2) is 0 Å². The molecule has 0 saturated heterocycles. The second-order valence-electron chi connectivity index (χ2n) is 12.9. The summed E-state index contributed by atoms with van der Waals surface area (Å²) in [6.07, 6.45) is 0.928. The van der Waals surface area contributed by atoms with Crippen molar-refractivity contribution in [3.05, 3.63) is 71.3 Å². The Balaban J connectivity index is 0.996. The van der Waals surface area contributed by atoms with E-state index in [0.29, 0.717) is 81.7 Å². The first-order valence-corrected chi connectivity index (χ1v) is 17.8. The van der Waals surface area contributed by atoms with Crippen LogP contribution in [0.15, 0.2) is 54.6 Å². The molecule has 0 spiro atoms. The van der Waals surface area contributed by atoms with Gasteiger partial charge in [-0.2, -0.15) is 0 Å². The number of aliphatic hydroxyl groups excluding tert-OH is 1. The largest absolute Gasteiger partial charge is 0.498 e. The molecule has 272 valence electrons. The van der Waals surface area contributed by atoms with Gasteiger partial charge in [0.25, 0.3) is 0 Å². The molecule has 8 N–H and O–H groups in total. The number of rotatable bonds is 20. The van der Waals surface area contributed by atoms with Crippen molar-refractivity contribution in [3.8, 4) is 17.2 Å². The Bertz CT molecular complexity index is 1590. The minimum atomic E-state index is -1.06. The lowest BCUT2D eigenvalue weighted by Crippen LogP contribution is -2.35. The number of benzene rings is 3. The first-order valence-electron chi connectivity index (χ1n) is 17.8. The van der Waals surface area contributed by atoms with Crippen molar-refractivity contribution in [2.24, 2.45) is 23.1 Å². The maximum atomic E-state index is 10.4. The van der Waals surface area contributed by atoms with Crippen LogP contribution in [0.2, 0.25) is 0 Å². The van der Waals surface area contributed by atoms with E-state index in [0.717, 1.165) is 34.0 Å². The molecule has 6 rings (SSSR count). The fraction of sp³-hybridized carbons (Fsp3) is 0.486. The zero-order valence-electron chi connectivity index (χ0n) is 29.1. The van der Waals surface area contributed by atoms with Crippen LogP contribution in [0.5, 0.6) is 17.2 Å². The number of hydrogen-bond acceptors (Lipinski definition) is 13. The molecule has 3 aliphatic heterocycles. The molecule has 3 heterocycles. The van der Waals surface area contributed by atoms with Gasteiger partial charge in [-0.3, -0.25) is 0 Å². The standard InChI is InChI=1S/C35H48B3N3O10/c1-23(13-18-48-38-34-25(31(20-40)51-38)8-3-11-28(34)44-15-5-14-42)22-46-29-12-4-9-26-32(21-41)50-37(35(26)29)47-17-6-16-45-27-10-2-7-24-30(19-39)49-36(43)33(24)27/h2-4,7-12,23,30-32,42-43H,5-6,13-22,39-41H2,1H3. The van der Waals surface area contributed by atoms with Crippen molar-refractivity contribution in [1.29, 1.82) is 0 Å². The Labute approximate surface area is 300 Å². The normalized spacial score (nSPS) is 19.6. The van der Waals surface area contributed by atoms with Gasteiger partial charge < -0.3 is 64.8 Å². The van der Waals surface area contributed by atoms with Gasteiger partial charge in [0, 0.05) is 68.7 Å². The number of ether oxygens (including phenoxy) is 3. The van der Waals surface area contributed by atoms with Crippen LogP contribution in [0.3, 0.4) is 0 Å². The second-order valence-corrected chi connectivity index (χ2v) is 12.9. The highest BCUT2D eigenvalue weighted by molar-refractivity contribution is 6.64. The summed E-state index contributed by atoms with van der Waals surface area (Å²) in [6.45, 7) is 5.13. The summed E-state index contributed by atoms with van der Waals surface area (Å²) in [5, 5.41) is 19.6. The number of aliphatic hydroxyl groups is 1. The molecular formula is C35H48B3N3O10. The van der Waals surface area contributed by atoms with Crippen molar-refractivity contribution in [1.82, 2.24) is 0 Å². The van der Waals surface area contributed by atoms with Crippen LogP contribution in [-0.4, -0.2) is 90.8 Å².